The minimum absolute atomic E-state index is 0.0201. The topological polar surface area (TPSA) is 92.5 Å². The Morgan fingerprint density at radius 1 is 1.30 bits per heavy atom. The lowest BCUT2D eigenvalue weighted by atomic mass is 9.98. The fourth-order valence-corrected chi connectivity index (χ4v) is 3.89. The van der Waals surface area contributed by atoms with Gasteiger partial charge < -0.3 is 28.8 Å². The van der Waals surface area contributed by atoms with Gasteiger partial charge in [-0.05, 0) is 36.8 Å². The first-order valence-electron chi connectivity index (χ1n) is 9.82. The van der Waals surface area contributed by atoms with E-state index in [1.807, 2.05) is 11.9 Å². The number of Topliss-reactive ketones (excluding diaryl/α,β-unsaturated/α-hetero) is 1. The fraction of sp³-hybridized carbons (Fsp3) is 0.364. The normalized spacial score (nSPS) is 20.4. The molecule has 1 atom stereocenters. The predicted octanol–water partition coefficient (Wildman–Crippen LogP) is 2.57. The molecule has 3 heterocycles. The minimum Gasteiger partial charge on any atom is -0.507 e. The van der Waals surface area contributed by atoms with Gasteiger partial charge in [-0.1, -0.05) is 0 Å². The molecule has 4 rings (SSSR count). The van der Waals surface area contributed by atoms with Crippen molar-refractivity contribution in [3.63, 3.8) is 0 Å². The lowest BCUT2D eigenvalue weighted by Crippen LogP contribution is -2.31. The molecule has 1 aromatic heterocycles. The molecule has 1 aromatic carbocycles. The molecule has 0 radical (unpaired) electrons. The molecule has 1 unspecified atom stereocenters. The van der Waals surface area contributed by atoms with E-state index in [2.05, 4.69) is 0 Å². The Morgan fingerprint density at radius 2 is 2.13 bits per heavy atom. The highest BCUT2D eigenvalue weighted by Crippen LogP contribution is 2.41. The van der Waals surface area contributed by atoms with Crippen LogP contribution in [0.5, 0.6) is 5.75 Å². The van der Waals surface area contributed by atoms with E-state index in [1.165, 1.54) is 11.2 Å². The number of furan rings is 1. The van der Waals surface area contributed by atoms with Crippen LogP contribution in [0, 0.1) is 0 Å². The van der Waals surface area contributed by atoms with E-state index in [9.17, 15) is 14.7 Å². The summed E-state index contributed by atoms with van der Waals surface area (Å²) in [6.07, 6.45) is 2.04. The van der Waals surface area contributed by atoms with Crippen LogP contribution >= 0.6 is 0 Å². The van der Waals surface area contributed by atoms with Crippen molar-refractivity contribution in [3.05, 3.63) is 53.5 Å². The highest BCUT2D eigenvalue weighted by molar-refractivity contribution is 6.46. The van der Waals surface area contributed by atoms with Crippen molar-refractivity contribution in [2.45, 2.75) is 12.5 Å². The molecule has 158 valence electrons. The number of hydrogen-bond donors (Lipinski definition) is 1. The first kappa shape index (κ1) is 20.0. The second-order valence-corrected chi connectivity index (χ2v) is 7.31. The van der Waals surface area contributed by atoms with Crippen molar-refractivity contribution < 1.29 is 28.6 Å². The lowest BCUT2D eigenvalue weighted by molar-refractivity contribution is -0.140. The molecule has 0 bridgehead atoms. The first-order chi connectivity index (χ1) is 14.5. The number of carbonyl (C=O) groups is 2. The standard InChI is InChI=1S/C22H24N2O6/c1-23-9-12-30-16-7-6-14(13-15(16)23)20(25)18-19(17-5-3-11-29-17)24(8-4-10-28-2)22(27)21(18)26/h3,5-7,11,13,19,25H,4,8-10,12H2,1-2H3/b20-18-. The monoisotopic (exact) mass is 412 g/mol. The smallest absolute Gasteiger partial charge is 0.295 e. The van der Waals surface area contributed by atoms with E-state index in [-0.39, 0.29) is 11.3 Å². The number of ketones is 1. The molecule has 1 N–H and O–H groups in total. The molecule has 1 amide bonds. The molecular formula is C22H24N2O6. The number of amides is 1. The van der Waals surface area contributed by atoms with Crippen LogP contribution in [-0.4, -0.2) is 62.2 Å². The summed E-state index contributed by atoms with van der Waals surface area (Å²) in [7, 11) is 3.51. The van der Waals surface area contributed by atoms with Crippen molar-refractivity contribution in [1.29, 1.82) is 0 Å². The zero-order chi connectivity index (χ0) is 21.3. The third-order valence-electron chi connectivity index (χ3n) is 5.43. The maximum Gasteiger partial charge on any atom is 0.295 e. The van der Waals surface area contributed by atoms with Gasteiger partial charge in [-0.3, -0.25) is 9.59 Å². The molecule has 0 spiro atoms. The predicted molar refractivity (Wildman–Crippen MR) is 109 cm³/mol. The van der Waals surface area contributed by atoms with Crippen molar-refractivity contribution in [1.82, 2.24) is 4.90 Å². The van der Waals surface area contributed by atoms with E-state index >= 15 is 0 Å². The maximum atomic E-state index is 12.9. The molecule has 30 heavy (non-hydrogen) atoms. The van der Waals surface area contributed by atoms with Gasteiger partial charge in [0.2, 0.25) is 0 Å². The molecular weight excluding hydrogens is 388 g/mol. The summed E-state index contributed by atoms with van der Waals surface area (Å²) in [5.74, 6) is -0.485. The van der Waals surface area contributed by atoms with Gasteiger partial charge in [-0.25, -0.2) is 0 Å². The van der Waals surface area contributed by atoms with Crippen LogP contribution in [0.15, 0.2) is 46.6 Å². The highest BCUT2D eigenvalue weighted by Gasteiger charge is 2.47. The van der Waals surface area contributed by atoms with Gasteiger partial charge in [-0.2, -0.15) is 0 Å². The number of aliphatic hydroxyl groups is 1. The number of hydrogen-bond acceptors (Lipinski definition) is 7. The second-order valence-electron chi connectivity index (χ2n) is 7.31. The maximum absolute atomic E-state index is 12.9. The van der Waals surface area contributed by atoms with E-state index in [0.717, 1.165) is 5.69 Å². The lowest BCUT2D eigenvalue weighted by Gasteiger charge is -2.28. The number of nitrogens with zero attached hydrogens (tertiary/aromatic N) is 2. The molecule has 1 fully saturated rings. The van der Waals surface area contributed by atoms with Crippen LogP contribution in [0.25, 0.3) is 5.76 Å². The second kappa shape index (κ2) is 8.23. The molecule has 8 nitrogen and oxygen atoms in total. The molecule has 0 aliphatic carbocycles. The van der Waals surface area contributed by atoms with Crippen molar-refractivity contribution >= 4 is 23.1 Å². The van der Waals surface area contributed by atoms with Crippen molar-refractivity contribution in [3.8, 4) is 5.75 Å². The van der Waals surface area contributed by atoms with E-state index in [4.69, 9.17) is 13.9 Å². The summed E-state index contributed by atoms with van der Waals surface area (Å²) in [5, 5.41) is 11.1. The van der Waals surface area contributed by atoms with Gasteiger partial charge in [0, 0.05) is 32.9 Å². The number of fused-ring (bicyclic) bond motifs is 1. The summed E-state index contributed by atoms with van der Waals surface area (Å²) in [6.45, 7) is 2.06. The van der Waals surface area contributed by atoms with Crippen LogP contribution in [-0.2, 0) is 14.3 Å². The Balaban J connectivity index is 1.78. The van der Waals surface area contributed by atoms with E-state index in [0.29, 0.717) is 49.8 Å². The minimum atomic E-state index is -0.790. The summed E-state index contributed by atoms with van der Waals surface area (Å²) in [6, 6.07) is 7.81. The van der Waals surface area contributed by atoms with Gasteiger partial charge in [0.25, 0.3) is 11.7 Å². The van der Waals surface area contributed by atoms with Crippen molar-refractivity contribution in [2.75, 3.05) is 45.4 Å². The zero-order valence-corrected chi connectivity index (χ0v) is 17.0. The van der Waals surface area contributed by atoms with Gasteiger partial charge >= 0.3 is 0 Å². The van der Waals surface area contributed by atoms with Crippen LogP contribution in [0.1, 0.15) is 23.8 Å². The number of aliphatic hydroxyl groups excluding tert-OH is 1. The fourth-order valence-electron chi connectivity index (χ4n) is 3.89. The average molecular weight is 412 g/mol. The highest BCUT2D eigenvalue weighted by atomic mass is 16.5. The number of benzene rings is 1. The number of rotatable bonds is 6. The third-order valence-corrected chi connectivity index (χ3v) is 5.43. The Kier molecular flexibility index (Phi) is 5.50. The number of likely N-dealkylation sites (N-methyl/N-ethyl adjacent to an activating group) is 1. The van der Waals surface area contributed by atoms with Gasteiger partial charge in [0.15, 0.2) is 0 Å². The van der Waals surface area contributed by atoms with Gasteiger partial charge in [-0.15, -0.1) is 0 Å². The molecule has 2 aliphatic heterocycles. The van der Waals surface area contributed by atoms with Crippen molar-refractivity contribution in [2.24, 2.45) is 0 Å². The first-order valence-corrected chi connectivity index (χ1v) is 9.82. The largest absolute Gasteiger partial charge is 0.507 e. The number of anilines is 1. The van der Waals surface area contributed by atoms with Crippen LogP contribution in [0.3, 0.4) is 0 Å². The summed E-state index contributed by atoms with van der Waals surface area (Å²) in [4.78, 5) is 29.1. The number of carbonyl (C=O) groups excluding carboxylic acids is 2. The quantitative estimate of drug-likeness (QED) is 0.337. The SMILES string of the molecule is COCCCN1C(=O)C(=O)/C(=C(\O)c2ccc3c(c2)N(C)CCO3)C1c1ccco1. The molecule has 1 saturated heterocycles. The molecule has 0 saturated carbocycles. The Hall–Kier alpha value is -3.26. The summed E-state index contributed by atoms with van der Waals surface area (Å²) >= 11 is 0. The number of ether oxygens (including phenoxy) is 2. The summed E-state index contributed by atoms with van der Waals surface area (Å²) in [5.41, 5.74) is 1.28. The van der Waals surface area contributed by atoms with Crippen LogP contribution < -0.4 is 9.64 Å². The van der Waals surface area contributed by atoms with E-state index in [1.54, 1.807) is 37.4 Å². The Labute approximate surface area is 174 Å². The number of likely N-dealkylation sites (tertiary alicyclic amines) is 1. The third kappa shape index (κ3) is 3.43. The Bertz CT molecular complexity index is 982. The zero-order valence-electron chi connectivity index (χ0n) is 17.0. The Morgan fingerprint density at radius 3 is 2.87 bits per heavy atom. The van der Waals surface area contributed by atoms with Crippen LogP contribution in [0.4, 0.5) is 5.69 Å². The van der Waals surface area contributed by atoms with Gasteiger partial charge in [0.1, 0.15) is 29.9 Å². The molecule has 2 aliphatic rings. The molecule has 8 heteroatoms. The summed E-state index contributed by atoms with van der Waals surface area (Å²) < 4.78 is 16.2. The average Bonchev–Trinajstić information content (AvgIpc) is 3.36. The number of methoxy groups -OCH3 is 1. The van der Waals surface area contributed by atoms with Crippen LogP contribution in [0.2, 0.25) is 0 Å². The molecule has 2 aromatic rings. The van der Waals surface area contributed by atoms with Gasteiger partial charge in [0.05, 0.1) is 24.1 Å². The van der Waals surface area contributed by atoms with E-state index < -0.39 is 17.7 Å².